The molecule has 0 saturated heterocycles. The largest absolute Gasteiger partial charge is 0.178 e. The van der Waals surface area contributed by atoms with Crippen LogP contribution in [0.2, 0.25) is 5.02 Å². The van der Waals surface area contributed by atoms with E-state index in [0.717, 1.165) is 15.0 Å². The highest BCUT2D eigenvalue weighted by molar-refractivity contribution is 6.45. The van der Waals surface area contributed by atoms with Crippen molar-refractivity contribution in [3.63, 3.8) is 0 Å². The Morgan fingerprint density at radius 1 is 1.44 bits per heavy atom. The van der Waals surface area contributed by atoms with Crippen molar-refractivity contribution in [2.75, 3.05) is 0 Å². The first-order valence-electron chi connectivity index (χ1n) is 2.72. The maximum absolute atomic E-state index is 5.86. The molecule has 1 aromatic rings. The Balaban J connectivity index is 3.25. The average molecular weight is 153 g/mol. The lowest BCUT2D eigenvalue weighted by atomic mass is 10.2. The number of aryl methyl sites for hydroxylation is 1. The Bertz CT molecular complexity index is 200. The summed E-state index contributed by atoms with van der Waals surface area (Å²) in [5.74, 6) is 0. The minimum atomic E-state index is 0.850. The van der Waals surface area contributed by atoms with Crippen LogP contribution < -0.4 is 4.43 Å². The van der Waals surface area contributed by atoms with E-state index in [2.05, 4.69) is 16.3 Å². The molecule has 0 nitrogen and oxygen atoms in total. The summed E-state index contributed by atoms with van der Waals surface area (Å²) >= 11 is 8.45. The molecule has 0 atom stereocenters. The van der Waals surface area contributed by atoms with Crippen LogP contribution in [0.25, 0.3) is 0 Å². The van der Waals surface area contributed by atoms with Gasteiger partial charge in [-0.15, -0.1) is 4.43 Å². The molecule has 2 radical (unpaired) electrons. The van der Waals surface area contributed by atoms with E-state index in [-0.39, 0.29) is 0 Å². The van der Waals surface area contributed by atoms with Gasteiger partial charge in [0.15, 0.2) is 16.3 Å². The van der Waals surface area contributed by atoms with Crippen LogP contribution >= 0.6 is 11.6 Å². The normalized spacial score (nSPS) is 9.56. The zero-order valence-corrected chi connectivity index (χ0v) is 7.10. The topological polar surface area (TPSA) is 0 Å². The molecule has 0 aliphatic carbocycles. The van der Waals surface area contributed by atoms with Gasteiger partial charge in [-0.2, -0.15) is 0 Å². The maximum atomic E-state index is 5.86. The zero-order valence-electron chi connectivity index (χ0n) is 5.19. The molecule has 0 fully saturated rings. The molecule has 1 aromatic carbocycles. The lowest BCUT2D eigenvalue weighted by Gasteiger charge is -1.99. The SMILES string of the molecule is Cc1ccc[c]([Al])c1Cl. The smallest absolute Gasteiger partial charge is 0.121 e. The first kappa shape index (κ1) is 7.15. The van der Waals surface area contributed by atoms with Crippen LogP contribution in [0.3, 0.4) is 0 Å². The van der Waals surface area contributed by atoms with Crippen molar-refractivity contribution in [2.45, 2.75) is 6.92 Å². The van der Waals surface area contributed by atoms with Gasteiger partial charge < -0.3 is 0 Å². The first-order valence-corrected chi connectivity index (χ1v) is 3.68. The summed E-state index contributed by atoms with van der Waals surface area (Å²) in [6.45, 7) is 2.00. The molecule has 0 aliphatic heterocycles. The summed E-state index contributed by atoms with van der Waals surface area (Å²) in [6.07, 6.45) is 0. The van der Waals surface area contributed by atoms with Crippen molar-refractivity contribution >= 4 is 32.3 Å². The number of hydrogen-bond acceptors (Lipinski definition) is 0. The summed E-state index contributed by atoms with van der Waals surface area (Å²) in [4.78, 5) is 0. The maximum Gasteiger partial charge on any atom is 0.178 e. The van der Waals surface area contributed by atoms with Crippen LogP contribution in [0, 0.1) is 6.92 Å². The summed E-state index contributed by atoms with van der Waals surface area (Å²) in [5.41, 5.74) is 1.13. The minimum Gasteiger partial charge on any atom is -0.121 e. The van der Waals surface area contributed by atoms with Crippen LogP contribution in [0.4, 0.5) is 0 Å². The second-order valence-electron chi connectivity index (χ2n) is 1.98. The fourth-order valence-electron chi connectivity index (χ4n) is 0.670. The molecule has 0 heterocycles. The number of halogens is 1. The predicted octanol–water partition coefficient (Wildman–Crippen LogP) is 1.44. The second-order valence-corrected chi connectivity index (χ2v) is 2.98. The number of rotatable bonds is 0. The highest BCUT2D eigenvalue weighted by atomic mass is 35.5. The highest BCUT2D eigenvalue weighted by Crippen LogP contribution is 2.09. The highest BCUT2D eigenvalue weighted by Gasteiger charge is 1.93. The van der Waals surface area contributed by atoms with Gasteiger partial charge in [0.25, 0.3) is 0 Å². The fraction of sp³-hybridized carbons (Fsp3) is 0.143. The molecule has 0 spiro atoms. The Kier molecular flexibility index (Phi) is 2.19. The lowest BCUT2D eigenvalue weighted by molar-refractivity contribution is 1.49. The third-order valence-corrected chi connectivity index (χ3v) is 2.40. The lowest BCUT2D eigenvalue weighted by Crippen LogP contribution is -2.03. The number of benzene rings is 1. The van der Waals surface area contributed by atoms with Gasteiger partial charge in [-0.25, -0.2) is 0 Å². The van der Waals surface area contributed by atoms with Crippen molar-refractivity contribution in [3.8, 4) is 0 Å². The average Bonchev–Trinajstić information content (AvgIpc) is 1.83. The number of hydrogen-bond donors (Lipinski definition) is 0. The van der Waals surface area contributed by atoms with E-state index in [9.17, 15) is 0 Å². The fourth-order valence-corrected chi connectivity index (χ4v) is 1.13. The van der Waals surface area contributed by atoms with Gasteiger partial charge in [0, 0.05) is 5.02 Å². The molecule has 0 unspecified atom stereocenters. The zero-order chi connectivity index (χ0) is 6.85. The summed E-state index contributed by atoms with van der Waals surface area (Å²) < 4.78 is 1.07. The van der Waals surface area contributed by atoms with E-state index in [4.69, 9.17) is 11.6 Å². The van der Waals surface area contributed by atoms with Crippen LogP contribution in [0.5, 0.6) is 0 Å². The minimum absolute atomic E-state index is 0.850. The quantitative estimate of drug-likeness (QED) is 0.494. The van der Waals surface area contributed by atoms with Gasteiger partial charge in [-0.3, -0.25) is 0 Å². The molecular weight excluding hydrogens is 147 g/mol. The van der Waals surface area contributed by atoms with Crippen LogP contribution in [0.1, 0.15) is 5.56 Å². The molecule has 2 heteroatoms. The van der Waals surface area contributed by atoms with Crippen molar-refractivity contribution in [1.29, 1.82) is 0 Å². The Morgan fingerprint density at radius 2 is 2.11 bits per heavy atom. The molecule has 0 bridgehead atoms. The van der Waals surface area contributed by atoms with Gasteiger partial charge in [-0.1, -0.05) is 29.8 Å². The third kappa shape index (κ3) is 1.49. The van der Waals surface area contributed by atoms with Crippen LogP contribution in [-0.2, 0) is 0 Å². The van der Waals surface area contributed by atoms with Gasteiger partial charge in [0.1, 0.15) is 0 Å². The molecule has 0 N–H and O–H groups in total. The summed E-state index contributed by atoms with van der Waals surface area (Å²) in [7, 11) is 0. The van der Waals surface area contributed by atoms with E-state index in [1.165, 1.54) is 0 Å². The van der Waals surface area contributed by atoms with Crippen molar-refractivity contribution in [2.24, 2.45) is 0 Å². The Labute approximate surface area is 68.3 Å². The van der Waals surface area contributed by atoms with E-state index >= 15 is 0 Å². The Morgan fingerprint density at radius 3 is 2.56 bits per heavy atom. The molecule has 0 aliphatic rings. The monoisotopic (exact) mass is 152 g/mol. The molecule has 0 amide bonds. The predicted molar refractivity (Wildman–Crippen MR) is 41.6 cm³/mol. The summed E-state index contributed by atoms with van der Waals surface area (Å²) in [6, 6.07) is 5.96. The molecular formula is C7H6AlCl. The van der Waals surface area contributed by atoms with Crippen molar-refractivity contribution in [1.82, 2.24) is 0 Å². The van der Waals surface area contributed by atoms with Crippen molar-refractivity contribution in [3.05, 3.63) is 28.8 Å². The van der Waals surface area contributed by atoms with Crippen molar-refractivity contribution < 1.29 is 0 Å². The van der Waals surface area contributed by atoms with E-state index < -0.39 is 0 Å². The van der Waals surface area contributed by atoms with Crippen LogP contribution in [-0.4, -0.2) is 16.3 Å². The van der Waals surface area contributed by atoms with E-state index in [1.807, 2.05) is 25.1 Å². The molecule has 1 rings (SSSR count). The van der Waals surface area contributed by atoms with Crippen LogP contribution in [0.15, 0.2) is 18.2 Å². The van der Waals surface area contributed by atoms with Gasteiger partial charge >= 0.3 is 0 Å². The van der Waals surface area contributed by atoms with E-state index in [1.54, 1.807) is 0 Å². The van der Waals surface area contributed by atoms with Gasteiger partial charge in [0.2, 0.25) is 0 Å². The molecule has 0 saturated carbocycles. The summed E-state index contributed by atoms with van der Waals surface area (Å²) in [5, 5.41) is 0.850. The second kappa shape index (κ2) is 2.75. The standard InChI is InChI=1S/C7H6Cl.Al/c1-6-4-2-3-5-7(6)8;/h2-4H,1H3;. The Hall–Kier alpha value is 0.0425. The van der Waals surface area contributed by atoms with Gasteiger partial charge in [-0.05, 0) is 12.5 Å². The van der Waals surface area contributed by atoms with E-state index in [0.29, 0.717) is 0 Å². The molecule has 0 aromatic heterocycles. The first-order chi connectivity index (χ1) is 4.22. The third-order valence-electron chi connectivity index (χ3n) is 1.22. The molecule has 44 valence electrons. The molecule has 9 heavy (non-hydrogen) atoms. The van der Waals surface area contributed by atoms with Gasteiger partial charge in [0.05, 0.1) is 0 Å².